The van der Waals surface area contributed by atoms with Gasteiger partial charge in [-0.1, -0.05) is 25.1 Å². The summed E-state index contributed by atoms with van der Waals surface area (Å²) in [5, 5.41) is 28.6. The molecule has 1 fully saturated rings. The second-order valence-corrected chi connectivity index (χ2v) is 10.7. The number of carbonyl (C=O) groups is 1. The third-order valence-corrected chi connectivity index (χ3v) is 7.79. The van der Waals surface area contributed by atoms with Crippen LogP contribution >= 0.6 is 7.75 Å². The molecule has 0 bridgehead atoms. The van der Waals surface area contributed by atoms with Crippen LogP contribution in [0.4, 0.5) is 5.82 Å². The number of nitrogens with one attached hydrogen (secondary N) is 1. The van der Waals surface area contributed by atoms with E-state index in [0.29, 0.717) is 11.2 Å². The van der Waals surface area contributed by atoms with Crippen LogP contribution < -0.4 is 15.3 Å². The summed E-state index contributed by atoms with van der Waals surface area (Å²) >= 11 is 0. The highest BCUT2D eigenvalue weighted by molar-refractivity contribution is 7.52. The van der Waals surface area contributed by atoms with Crippen molar-refractivity contribution >= 4 is 25.1 Å². The first-order chi connectivity index (χ1) is 18.1. The second-order valence-electron chi connectivity index (χ2n) is 9.00. The van der Waals surface area contributed by atoms with E-state index in [4.69, 9.17) is 24.3 Å². The topological polar surface area (TPSA) is 180 Å². The van der Waals surface area contributed by atoms with Crippen LogP contribution in [-0.4, -0.2) is 67.8 Å². The van der Waals surface area contributed by atoms with Gasteiger partial charge in [0.15, 0.2) is 5.82 Å². The Morgan fingerprint density at radius 2 is 2.00 bits per heavy atom. The summed E-state index contributed by atoms with van der Waals surface area (Å²) in [6.45, 7) is 4.57. The molecule has 0 aliphatic carbocycles. The van der Waals surface area contributed by atoms with E-state index >= 15 is 0 Å². The van der Waals surface area contributed by atoms with E-state index in [1.165, 1.54) is 17.8 Å². The van der Waals surface area contributed by atoms with Crippen molar-refractivity contribution in [2.75, 3.05) is 18.9 Å². The number of anilines is 1. The Kier molecular flexibility index (Phi) is 8.36. The van der Waals surface area contributed by atoms with Crippen LogP contribution in [-0.2, 0) is 23.4 Å². The maximum absolute atomic E-state index is 13.9. The predicted molar refractivity (Wildman–Crippen MR) is 136 cm³/mol. The number of hydrogen-bond acceptors (Lipinski definition) is 11. The summed E-state index contributed by atoms with van der Waals surface area (Å²) in [6, 6.07) is 10.6. The molecule has 1 aliphatic heterocycles. The number of rotatable bonds is 11. The van der Waals surface area contributed by atoms with Crippen LogP contribution in [0, 0.1) is 0 Å². The lowest BCUT2D eigenvalue weighted by molar-refractivity contribution is -0.145. The summed E-state index contributed by atoms with van der Waals surface area (Å²) in [5.74, 6) is -0.145. The fraction of sp³-hybridized carbons (Fsp3) is 0.458. The number of nitrogens with zero attached hydrogens (tertiary/aromatic N) is 3. The summed E-state index contributed by atoms with van der Waals surface area (Å²) < 4.78 is 37.9. The number of aromatic nitrogens is 3. The van der Waals surface area contributed by atoms with Gasteiger partial charge in [-0.2, -0.15) is 10.2 Å². The van der Waals surface area contributed by atoms with Crippen molar-refractivity contribution in [2.24, 2.45) is 0 Å². The molecule has 1 aliphatic rings. The van der Waals surface area contributed by atoms with E-state index in [1.54, 1.807) is 56.3 Å². The van der Waals surface area contributed by atoms with Crippen LogP contribution in [0.3, 0.4) is 0 Å². The minimum absolute atomic E-state index is 0.143. The van der Waals surface area contributed by atoms with Gasteiger partial charge in [-0.15, -0.1) is 0 Å². The first-order valence-corrected chi connectivity index (χ1v) is 13.7. The minimum atomic E-state index is -4.22. The van der Waals surface area contributed by atoms with E-state index in [0.717, 1.165) is 0 Å². The highest BCUT2D eigenvalue weighted by atomic mass is 31.2. The van der Waals surface area contributed by atoms with Crippen molar-refractivity contribution in [2.45, 2.75) is 57.1 Å². The van der Waals surface area contributed by atoms with Gasteiger partial charge < -0.3 is 29.9 Å². The molecule has 3 heterocycles. The molecule has 1 saturated heterocycles. The van der Waals surface area contributed by atoms with E-state index in [-0.39, 0.29) is 24.6 Å². The lowest BCUT2D eigenvalue weighted by Gasteiger charge is -2.30. The van der Waals surface area contributed by atoms with Gasteiger partial charge in [-0.05, 0) is 44.5 Å². The number of para-hydroxylation sites is 1. The van der Waals surface area contributed by atoms with Crippen molar-refractivity contribution in [1.29, 1.82) is 0 Å². The first kappa shape index (κ1) is 28.0. The highest BCUT2D eigenvalue weighted by Gasteiger charge is 2.54. The van der Waals surface area contributed by atoms with Crippen molar-refractivity contribution in [3.63, 3.8) is 0 Å². The average Bonchev–Trinajstić information content (AvgIpc) is 3.43. The Morgan fingerprint density at radius 1 is 1.26 bits per heavy atom. The molecule has 0 amide bonds. The molecule has 38 heavy (non-hydrogen) atoms. The van der Waals surface area contributed by atoms with E-state index in [9.17, 15) is 19.6 Å². The summed E-state index contributed by atoms with van der Waals surface area (Å²) in [6.07, 6.45) is -2.31. The number of hydrogen-bond donors (Lipinski definition) is 4. The first-order valence-electron chi connectivity index (χ1n) is 12.2. The van der Waals surface area contributed by atoms with Gasteiger partial charge in [0.1, 0.15) is 47.5 Å². The number of fused-ring (bicyclic) bond motifs is 1. The molecule has 1 aromatic carbocycles. The number of ether oxygens (including phenoxy) is 2. The van der Waals surface area contributed by atoms with Crippen LogP contribution in [0.2, 0.25) is 0 Å². The molecule has 0 radical (unpaired) electrons. The maximum Gasteiger partial charge on any atom is 0.459 e. The third-order valence-electron chi connectivity index (χ3n) is 6.24. The Labute approximate surface area is 219 Å². The lowest BCUT2D eigenvalue weighted by atomic mass is 9.97. The Morgan fingerprint density at radius 3 is 2.68 bits per heavy atom. The molecule has 4 rings (SSSR count). The second kappa shape index (κ2) is 11.4. The molecule has 2 aromatic heterocycles. The number of benzene rings is 1. The largest absolute Gasteiger partial charge is 0.465 e. The monoisotopic (exact) mass is 549 g/mol. The summed E-state index contributed by atoms with van der Waals surface area (Å²) in [7, 11) is -4.22. The van der Waals surface area contributed by atoms with Crippen molar-refractivity contribution < 1.29 is 38.1 Å². The standard InChI is InChI=1S/C24H32N5O8P/c1-4-16(23(32)34-5-2)28-38(33,37-15-9-7-6-8-10-15)35-13-24(3)21(31)19(30)20(36-24)17-11-12-18-22(25)26-14-27-29(17)18/h6-12,14,16,19-21,30-31H,4-5,13H2,1-3H3,(H,28,33)(H2,25,26,27)/t16-,19-,20-,21-,24+,38?/m0/s1. The van der Waals surface area contributed by atoms with E-state index < -0.39 is 50.3 Å². The SMILES string of the molecule is CCOC(=O)[C@H](CC)NP(=O)(OC[C@@]1(C)O[C@@H](c2ccc3c(N)ncnn23)[C@H](O)[C@@H]1O)Oc1ccccc1. The number of aliphatic hydroxyl groups excluding tert-OH is 2. The summed E-state index contributed by atoms with van der Waals surface area (Å²) in [5.41, 5.74) is 5.32. The third kappa shape index (κ3) is 5.68. The molecule has 14 heteroatoms. The Hall–Kier alpha value is -3.06. The van der Waals surface area contributed by atoms with Gasteiger partial charge in [-0.3, -0.25) is 9.32 Å². The summed E-state index contributed by atoms with van der Waals surface area (Å²) in [4.78, 5) is 16.3. The van der Waals surface area contributed by atoms with E-state index in [2.05, 4.69) is 15.2 Å². The zero-order valence-corrected chi connectivity index (χ0v) is 22.2. The minimum Gasteiger partial charge on any atom is -0.465 e. The fourth-order valence-corrected chi connectivity index (χ4v) is 5.84. The lowest BCUT2D eigenvalue weighted by Crippen LogP contribution is -2.45. The Bertz CT molecular complexity index is 1310. The number of esters is 1. The molecule has 6 atom stereocenters. The molecule has 206 valence electrons. The molecule has 0 saturated carbocycles. The van der Waals surface area contributed by atoms with Gasteiger partial charge in [0.2, 0.25) is 0 Å². The van der Waals surface area contributed by atoms with Crippen LogP contribution in [0.15, 0.2) is 48.8 Å². The molecule has 0 spiro atoms. The number of nitrogens with two attached hydrogens (primary N) is 1. The molecular weight excluding hydrogens is 517 g/mol. The van der Waals surface area contributed by atoms with Gasteiger partial charge in [0, 0.05) is 0 Å². The van der Waals surface area contributed by atoms with Crippen molar-refractivity contribution in [3.05, 3.63) is 54.5 Å². The fourth-order valence-electron chi connectivity index (χ4n) is 4.17. The number of nitrogen functional groups attached to an aromatic ring is 1. The smallest absolute Gasteiger partial charge is 0.459 e. The van der Waals surface area contributed by atoms with Gasteiger partial charge >= 0.3 is 13.7 Å². The zero-order valence-electron chi connectivity index (χ0n) is 21.3. The number of aliphatic hydroxyl groups is 2. The molecule has 5 N–H and O–H groups in total. The van der Waals surface area contributed by atoms with Crippen LogP contribution in [0.1, 0.15) is 39.0 Å². The van der Waals surface area contributed by atoms with Crippen LogP contribution in [0.25, 0.3) is 5.52 Å². The van der Waals surface area contributed by atoms with Crippen molar-refractivity contribution in [1.82, 2.24) is 19.7 Å². The predicted octanol–water partition coefficient (Wildman–Crippen LogP) is 2.00. The number of carbonyl (C=O) groups excluding carboxylic acids is 1. The molecule has 1 unspecified atom stereocenters. The molecule has 3 aromatic rings. The van der Waals surface area contributed by atoms with Crippen molar-refractivity contribution in [3.8, 4) is 5.75 Å². The average molecular weight is 550 g/mol. The van der Waals surface area contributed by atoms with Gasteiger partial charge in [0.25, 0.3) is 0 Å². The zero-order chi connectivity index (χ0) is 27.5. The Balaban J connectivity index is 1.57. The molecular formula is C24H32N5O8P. The highest BCUT2D eigenvalue weighted by Crippen LogP contribution is 2.48. The maximum atomic E-state index is 13.9. The normalized spacial score (nSPS) is 25.7. The van der Waals surface area contributed by atoms with Gasteiger partial charge in [-0.25, -0.2) is 14.1 Å². The van der Waals surface area contributed by atoms with Gasteiger partial charge in [0.05, 0.1) is 18.9 Å². The van der Waals surface area contributed by atoms with E-state index in [1.807, 2.05) is 0 Å². The molecule has 13 nitrogen and oxygen atoms in total. The quantitative estimate of drug-likeness (QED) is 0.202. The van der Waals surface area contributed by atoms with Crippen LogP contribution in [0.5, 0.6) is 5.75 Å².